The number of benzene rings is 1. The van der Waals surface area contributed by atoms with Gasteiger partial charge in [-0.1, -0.05) is 49.1 Å². The predicted octanol–water partition coefficient (Wildman–Crippen LogP) is 3.43. The molecule has 1 aromatic carbocycles. The molecule has 0 unspecified atom stereocenters. The van der Waals surface area contributed by atoms with E-state index in [1.54, 1.807) is 6.07 Å². The molecule has 1 amide bonds. The largest absolute Gasteiger partial charge is 0.351 e. The molecule has 3 nitrogen and oxygen atoms in total. The number of carbonyl (C=O) groups excluding carboxylic acids is 1. The normalized spacial score (nSPS) is 17.5. The molecule has 0 radical (unpaired) electrons. The fourth-order valence-electron chi connectivity index (χ4n) is 2.53. The van der Waals surface area contributed by atoms with Gasteiger partial charge in [-0.15, -0.1) is 0 Å². The third-order valence-corrected chi connectivity index (χ3v) is 4.12. The van der Waals surface area contributed by atoms with Crippen molar-refractivity contribution in [1.29, 1.82) is 5.26 Å². The van der Waals surface area contributed by atoms with E-state index in [1.165, 1.54) is 0 Å². The molecule has 1 aromatic rings. The van der Waals surface area contributed by atoms with Gasteiger partial charge in [-0.05, 0) is 24.5 Å². The maximum Gasteiger partial charge on any atom is 0.240 e. The zero-order valence-electron chi connectivity index (χ0n) is 10.8. The standard InChI is InChI=1S/C15H17ClN2O/c16-13-7-3-2-6-12(13)10-18-14(19)15(11-17)8-4-1-5-9-15/h2-3,6-7H,1,4-5,8-10H2,(H,18,19). The highest BCUT2D eigenvalue weighted by Crippen LogP contribution is 2.35. The Bertz CT molecular complexity index is 501. The van der Waals surface area contributed by atoms with Crippen molar-refractivity contribution >= 4 is 17.5 Å². The van der Waals surface area contributed by atoms with Gasteiger partial charge in [0.15, 0.2) is 0 Å². The second kappa shape index (κ2) is 6.08. The highest BCUT2D eigenvalue weighted by Gasteiger charge is 2.39. The molecule has 0 saturated heterocycles. The Morgan fingerprint density at radius 2 is 2.00 bits per heavy atom. The zero-order chi connectivity index (χ0) is 13.7. The van der Waals surface area contributed by atoms with Crippen LogP contribution in [0.1, 0.15) is 37.7 Å². The van der Waals surface area contributed by atoms with Crippen molar-refractivity contribution in [2.45, 2.75) is 38.6 Å². The fourth-order valence-corrected chi connectivity index (χ4v) is 2.73. The van der Waals surface area contributed by atoms with Gasteiger partial charge >= 0.3 is 0 Å². The molecule has 0 atom stereocenters. The molecule has 4 heteroatoms. The van der Waals surface area contributed by atoms with Crippen molar-refractivity contribution in [2.24, 2.45) is 5.41 Å². The highest BCUT2D eigenvalue weighted by molar-refractivity contribution is 6.31. The molecule has 0 spiro atoms. The van der Waals surface area contributed by atoms with E-state index in [9.17, 15) is 10.1 Å². The summed E-state index contributed by atoms with van der Waals surface area (Å²) in [6.07, 6.45) is 4.34. The summed E-state index contributed by atoms with van der Waals surface area (Å²) in [6.45, 7) is 0.377. The summed E-state index contributed by atoms with van der Waals surface area (Å²) in [5.74, 6) is -0.158. The number of carbonyl (C=O) groups is 1. The van der Waals surface area contributed by atoms with Crippen LogP contribution < -0.4 is 5.32 Å². The van der Waals surface area contributed by atoms with E-state index in [4.69, 9.17) is 11.6 Å². The average molecular weight is 277 g/mol. The van der Waals surface area contributed by atoms with Crippen molar-refractivity contribution in [3.05, 3.63) is 34.9 Å². The molecule has 1 saturated carbocycles. The zero-order valence-corrected chi connectivity index (χ0v) is 11.5. The van der Waals surface area contributed by atoms with Gasteiger partial charge < -0.3 is 5.32 Å². The summed E-state index contributed by atoms with van der Waals surface area (Å²) < 4.78 is 0. The van der Waals surface area contributed by atoms with E-state index in [2.05, 4.69) is 11.4 Å². The van der Waals surface area contributed by atoms with Crippen molar-refractivity contribution < 1.29 is 4.79 Å². The molecule has 19 heavy (non-hydrogen) atoms. The number of nitrogens with one attached hydrogen (secondary N) is 1. The molecule has 1 aliphatic rings. The van der Waals surface area contributed by atoms with Crippen LogP contribution in [0.2, 0.25) is 5.02 Å². The molecule has 0 bridgehead atoms. The van der Waals surface area contributed by atoms with Crippen LogP contribution in [0.25, 0.3) is 0 Å². The minimum Gasteiger partial charge on any atom is -0.351 e. The van der Waals surface area contributed by atoms with Gasteiger partial charge in [0.05, 0.1) is 6.07 Å². The summed E-state index contributed by atoms with van der Waals surface area (Å²) >= 11 is 6.05. The maximum absolute atomic E-state index is 12.3. The second-order valence-corrected chi connectivity index (χ2v) is 5.44. The van der Waals surface area contributed by atoms with Gasteiger partial charge in [-0.25, -0.2) is 0 Å². The van der Waals surface area contributed by atoms with E-state index >= 15 is 0 Å². The first-order chi connectivity index (χ1) is 9.18. The lowest BCUT2D eigenvalue weighted by molar-refractivity contribution is -0.129. The molecular formula is C15H17ClN2O. The average Bonchev–Trinajstić information content (AvgIpc) is 2.46. The molecule has 1 N–H and O–H groups in total. The molecule has 0 aliphatic heterocycles. The van der Waals surface area contributed by atoms with Crippen LogP contribution in [0.5, 0.6) is 0 Å². The lowest BCUT2D eigenvalue weighted by Gasteiger charge is -2.29. The highest BCUT2D eigenvalue weighted by atomic mass is 35.5. The minimum absolute atomic E-state index is 0.158. The predicted molar refractivity (Wildman–Crippen MR) is 74.4 cm³/mol. The van der Waals surface area contributed by atoms with E-state index in [-0.39, 0.29) is 5.91 Å². The van der Waals surface area contributed by atoms with Gasteiger partial charge in [-0.3, -0.25) is 4.79 Å². The number of amides is 1. The first-order valence-electron chi connectivity index (χ1n) is 6.61. The lowest BCUT2D eigenvalue weighted by atomic mass is 9.74. The van der Waals surface area contributed by atoms with Crippen molar-refractivity contribution in [3.63, 3.8) is 0 Å². The minimum atomic E-state index is -0.834. The first kappa shape index (κ1) is 13.9. The van der Waals surface area contributed by atoms with Crippen LogP contribution in [0.3, 0.4) is 0 Å². The van der Waals surface area contributed by atoms with Crippen molar-refractivity contribution in [3.8, 4) is 6.07 Å². The molecule has 0 heterocycles. The maximum atomic E-state index is 12.3. The van der Waals surface area contributed by atoms with E-state index in [0.717, 1.165) is 24.8 Å². The third-order valence-electron chi connectivity index (χ3n) is 3.75. The topological polar surface area (TPSA) is 52.9 Å². The molecule has 0 aromatic heterocycles. The fraction of sp³-hybridized carbons (Fsp3) is 0.467. The number of halogens is 1. The van der Waals surface area contributed by atoms with Gasteiger partial charge in [0.1, 0.15) is 5.41 Å². The van der Waals surface area contributed by atoms with Gasteiger partial charge in [0.25, 0.3) is 0 Å². The summed E-state index contributed by atoms with van der Waals surface area (Å²) in [5, 5.41) is 12.8. The summed E-state index contributed by atoms with van der Waals surface area (Å²) in [4.78, 5) is 12.3. The van der Waals surface area contributed by atoms with Crippen molar-refractivity contribution in [1.82, 2.24) is 5.32 Å². The van der Waals surface area contributed by atoms with Crippen LogP contribution in [-0.4, -0.2) is 5.91 Å². The first-order valence-corrected chi connectivity index (χ1v) is 6.99. The Labute approximate surface area is 118 Å². The molecule has 1 fully saturated rings. The summed E-state index contributed by atoms with van der Waals surface area (Å²) in [6, 6.07) is 9.63. The molecule has 1 aliphatic carbocycles. The van der Waals surface area contributed by atoms with Gasteiger partial charge in [0, 0.05) is 11.6 Å². The van der Waals surface area contributed by atoms with Gasteiger partial charge in [0.2, 0.25) is 5.91 Å². The number of hydrogen-bond acceptors (Lipinski definition) is 2. The monoisotopic (exact) mass is 276 g/mol. The van der Waals surface area contributed by atoms with Crippen LogP contribution in [0.15, 0.2) is 24.3 Å². The van der Waals surface area contributed by atoms with Crippen LogP contribution in [0.4, 0.5) is 0 Å². The number of rotatable bonds is 3. The van der Waals surface area contributed by atoms with Crippen LogP contribution in [0, 0.1) is 16.7 Å². The number of hydrogen-bond donors (Lipinski definition) is 1. The Morgan fingerprint density at radius 1 is 1.32 bits per heavy atom. The smallest absolute Gasteiger partial charge is 0.240 e. The number of nitriles is 1. The van der Waals surface area contributed by atoms with Crippen molar-refractivity contribution in [2.75, 3.05) is 0 Å². The lowest BCUT2D eigenvalue weighted by Crippen LogP contribution is -2.41. The van der Waals surface area contributed by atoms with Crippen LogP contribution in [-0.2, 0) is 11.3 Å². The summed E-state index contributed by atoms with van der Waals surface area (Å²) in [7, 11) is 0. The number of nitrogens with zero attached hydrogens (tertiary/aromatic N) is 1. The molecule has 100 valence electrons. The van der Waals surface area contributed by atoms with E-state index < -0.39 is 5.41 Å². The Hall–Kier alpha value is -1.53. The quantitative estimate of drug-likeness (QED) is 0.919. The summed E-state index contributed by atoms with van der Waals surface area (Å²) in [5.41, 5.74) is 0.0425. The van der Waals surface area contributed by atoms with Crippen LogP contribution >= 0.6 is 11.6 Å². The SMILES string of the molecule is N#CC1(C(=O)NCc2ccccc2Cl)CCCCC1. The Kier molecular flexibility index (Phi) is 4.44. The Balaban J connectivity index is 2.01. The molecular weight excluding hydrogens is 260 g/mol. The Morgan fingerprint density at radius 3 is 2.63 bits per heavy atom. The molecule has 2 rings (SSSR count). The van der Waals surface area contributed by atoms with E-state index in [1.807, 2.05) is 18.2 Å². The van der Waals surface area contributed by atoms with Gasteiger partial charge in [-0.2, -0.15) is 5.26 Å². The van der Waals surface area contributed by atoms with E-state index in [0.29, 0.717) is 24.4 Å². The second-order valence-electron chi connectivity index (χ2n) is 5.03. The third kappa shape index (κ3) is 3.08.